The van der Waals surface area contributed by atoms with Gasteiger partial charge in [0.25, 0.3) is 0 Å². The van der Waals surface area contributed by atoms with E-state index in [1.807, 2.05) is 13.8 Å². The predicted molar refractivity (Wildman–Crippen MR) is 66.5 cm³/mol. The molecule has 0 aromatic heterocycles. The Morgan fingerprint density at radius 3 is 2.40 bits per heavy atom. The molecular weight excluding hydrogens is 266 g/mol. The third kappa shape index (κ3) is 2.39. The lowest BCUT2D eigenvalue weighted by atomic mass is 10.0. The lowest BCUT2D eigenvalue weighted by Gasteiger charge is -2.26. The van der Waals surface area contributed by atoms with E-state index < -0.39 is 36.1 Å². The topological polar surface area (TPSA) is 94.9 Å². The molecule has 0 aromatic carbocycles. The van der Waals surface area contributed by atoms with E-state index in [9.17, 15) is 0 Å². The fourth-order valence-corrected chi connectivity index (χ4v) is 2.89. The summed E-state index contributed by atoms with van der Waals surface area (Å²) in [6, 6.07) is -0.491. The highest BCUT2D eigenvalue weighted by atomic mass is 16.8. The van der Waals surface area contributed by atoms with Gasteiger partial charge in [0.1, 0.15) is 18.3 Å². The van der Waals surface area contributed by atoms with Crippen LogP contribution in [-0.2, 0) is 23.7 Å². The van der Waals surface area contributed by atoms with Crippen LogP contribution in [0.5, 0.6) is 0 Å². The third-order valence-electron chi connectivity index (χ3n) is 3.63. The quantitative estimate of drug-likeness (QED) is 0.437. The standard InChI is InChI=1S/C12H19N3O5/c1-11(2)16-5-6(18-11)8-7(14-15-13)9-10(17-8)20-12(3,4)19-9/h6-10H,5H2,1-4H3/t6-,7?,8+,9+,10-/m1/s1. The molecule has 0 N–H and O–H groups in total. The van der Waals surface area contributed by atoms with Crippen LogP contribution in [-0.4, -0.2) is 48.8 Å². The fraction of sp³-hybridized carbons (Fsp3) is 1.00. The Balaban J connectivity index is 1.78. The summed E-state index contributed by atoms with van der Waals surface area (Å²) >= 11 is 0. The smallest absolute Gasteiger partial charge is 0.188 e. The second-order valence-corrected chi connectivity index (χ2v) is 6.13. The van der Waals surface area contributed by atoms with Crippen LogP contribution in [0, 0.1) is 0 Å². The Bertz CT molecular complexity index is 448. The Morgan fingerprint density at radius 2 is 1.80 bits per heavy atom. The van der Waals surface area contributed by atoms with Gasteiger partial charge in [0.2, 0.25) is 0 Å². The van der Waals surface area contributed by atoms with Gasteiger partial charge >= 0.3 is 0 Å². The molecule has 0 saturated carbocycles. The van der Waals surface area contributed by atoms with Gasteiger partial charge in [-0.05, 0) is 33.2 Å². The summed E-state index contributed by atoms with van der Waals surface area (Å²) in [4.78, 5) is 2.90. The van der Waals surface area contributed by atoms with E-state index in [1.165, 1.54) is 0 Å². The first kappa shape index (κ1) is 14.1. The molecule has 0 aliphatic carbocycles. The van der Waals surface area contributed by atoms with Crippen molar-refractivity contribution in [1.82, 2.24) is 0 Å². The van der Waals surface area contributed by atoms with Crippen LogP contribution in [0.2, 0.25) is 0 Å². The van der Waals surface area contributed by atoms with Crippen LogP contribution >= 0.6 is 0 Å². The van der Waals surface area contributed by atoms with Gasteiger partial charge in [-0.3, -0.25) is 0 Å². The summed E-state index contributed by atoms with van der Waals surface area (Å²) in [5.74, 6) is -1.40. The first-order chi connectivity index (χ1) is 9.31. The van der Waals surface area contributed by atoms with E-state index in [4.69, 9.17) is 29.2 Å². The molecule has 20 heavy (non-hydrogen) atoms. The maximum absolute atomic E-state index is 8.77. The first-order valence-corrected chi connectivity index (χ1v) is 6.68. The summed E-state index contributed by atoms with van der Waals surface area (Å²) in [6.45, 7) is 7.66. The number of nitrogens with zero attached hydrogens (tertiary/aromatic N) is 3. The summed E-state index contributed by atoms with van der Waals surface area (Å²) < 4.78 is 28.6. The molecule has 3 fully saturated rings. The van der Waals surface area contributed by atoms with Gasteiger partial charge in [-0.25, -0.2) is 0 Å². The minimum Gasteiger partial charge on any atom is -0.348 e. The maximum Gasteiger partial charge on any atom is 0.188 e. The van der Waals surface area contributed by atoms with Crippen LogP contribution < -0.4 is 0 Å². The molecule has 0 bridgehead atoms. The second-order valence-electron chi connectivity index (χ2n) is 6.13. The summed E-state index contributed by atoms with van der Waals surface area (Å²) in [6.07, 6.45) is -1.70. The van der Waals surface area contributed by atoms with E-state index in [-0.39, 0.29) is 6.10 Å². The number of hydrogen-bond acceptors (Lipinski definition) is 6. The van der Waals surface area contributed by atoms with Gasteiger partial charge in [-0.15, -0.1) is 0 Å². The molecule has 3 rings (SSSR count). The van der Waals surface area contributed by atoms with Crippen molar-refractivity contribution in [2.45, 2.75) is 69.9 Å². The van der Waals surface area contributed by atoms with Crippen molar-refractivity contribution in [3.8, 4) is 0 Å². The SMILES string of the molecule is CC1(C)OC[C@H]([C@@H]2O[C@@H]3OC(C)(C)O[C@H]3C2N=[N+]=[N-])O1. The molecule has 8 heteroatoms. The molecule has 1 unspecified atom stereocenters. The molecule has 5 atom stereocenters. The van der Waals surface area contributed by atoms with Gasteiger partial charge < -0.3 is 23.7 Å². The van der Waals surface area contributed by atoms with Crippen LogP contribution in [0.4, 0.5) is 0 Å². The number of ether oxygens (including phenoxy) is 5. The monoisotopic (exact) mass is 285 g/mol. The Kier molecular flexibility index (Phi) is 3.20. The van der Waals surface area contributed by atoms with Gasteiger partial charge in [-0.1, -0.05) is 5.11 Å². The summed E-state index contributed by atoms with van der Waals surface area (Å²) in [5, 5.41) is 3.82. The van der Waals surface area contributed by atoms with Gasteiger partial charge in [-0.2, -0.15) is 0 Å². The number of rotatable bonds is 2. The summed E-state index contributed by atoms with van der Waals surface area (Å²) in [5.41, 5.74) is 8.77. The van der Waals surface area contributed by atoms with Crippen LogP contribution in [0.25, 0.3) is 10.4 Å². The van der Waals surface area contributed by atoms with Crippen molar-refractivity contribution in [3.63, 3.8) is 0 Å². The molecule has 3 aliphatic heterocycles. The third-order valence-corrected chi connectivity index (χ3v) is 3.63. The van der Waals surface area contributed by atoms with Crippen LogP contribution in [0.3, 0.4) is 0 Å². The highest BCUT2D eigenvalue weighted by molar-refractivity contribution is 5.01. The van der Waals surface area contributed by atoms with E-state index in [1.54, 1.807) is 13.8 Å². The van der Waals surface area contributed by atoms with Crippen molar-refractivity contribution >= 4 is 0 Å². The van der Waals surface area contributed by atoms with Gasteiger partial charge in [0.15, 0.2) is 17.9 Å². The van der Waals surface area contributed by atoms with Crippen LogP contribution in [0.1, 0.15) is 27.7 Å². The molecule has 0 radical (unpaired) electrons. The molecule has 0 amide bonds. The largest absolute Gasteiger partial charge is 0.348 e. The lowest BCUT2D eigenvalue weighted by Crippen LogP contribution is -2.41. The highest BCUT2D eigenvalue weighted by Crippen LogP contribution is 2.41. The van der Waals surface area contributed by atoms with Crippen molar-refractivity contribution in [2.75, 3.05) is 6.61 Å². The van der Waals surface area contributed by atoms with E-state index in [2.05, 4.69) is 10.0 Å². The van der Waals surface area contributed by atoms with Gasteiger partial charge in [0.05, 0.1) is 12.6 Å². The molecule has 3 aliphatic rings. The van der Waals surface area contributed by atoms with Crippen molar-refractivity contribution in [1.29, 1.82) is 0 Å². The molecule has 3 heterocycles. The summed E-state index contributed by atoms with van der Waals surface area (Å²) in [7, 11) is 0. The molecule has 3 saturated heterocycles. The zero-order chi connectivity index (χ0) is 14.5. The Morgan fingerprint density at radius 1 is 1.05 bits per heavy atom. The predicted octanol–water partition coefficient (Wildman–Crippen LogP) is 1.69. The zero-order valence-corrected chi connectivity index (χ0v) is 12.0. The minimum atomic E-state index is -0.740. The average molecular weight is 285 g/mol. The van der Waals surface area contributed by atoms with Crippen molar-refractivity contribution in [3.05, 3.63) is 10.4 Å². The Hall–Kier alpha value is -0.890. The average Bonchev–Trinajstić information content (AvgIpc) is 2.91. The molecule has 0 spiro atoms. The normalized spacial score (nSPS) is 45.1. The Labute approximate surface area is 116 Å². The molecule has 0 aromatic rings. The first-order valence-electron chi connectivity index (χ1n) is 6.68. The second kappa shape index (κ2) is 4.56. The van der Waals surface area contributed by atoms with Gasteiger partial charge in [0, 0.05) is 4.91 Å². The van der Waals surface area contributed by atoms with E-state index >= 15 is 0 Å². The molecular formula is C12H19N3O5. The molecule has 8 nitrogen and oxygen atoms in total. The molecule has 112 valence electrons. The highest BCUT2D eigenvalue weighted by Gasteiger charge is 2.57. The minimum absolute atomic E-state index is 0.304. The van der Waals surface area contributed by atoms with Crippen LogP contribution in [0.15, 0.2) is 5.11 Å². The lowest BCUT2D eigenvalue weighted by molar-refractivity contribution is -0.222. The van der Waals surface area contributed by atoms with E-state index in [0.717, 1.165) is 0 Å². The van der Waals surface area contributed by atoms with Crippen molar-refractivity contribution in [2.24, 2.45) is 5.11 Å². The number of fused-ring (bicyclic) bond motifs is 1. The van der Waals surface area contributed by atoms with Crippen molar-refractivity contribution < 1.29 is 23.7 Å². The number of hydrogen-bond donors (Lipinski definition) is 0. The zero-order valence-electron chi connectivity index (χ0n) is 12.0. The fourth-order valence-electron chi connectivity index (χ4n) is 2.89. The maximum atomic E-state index is 8.77. The number of azide groups is 1. The van der Waals surface area contributed by atoms with E-state index in [0.29, 0.717) is 6.61 Å².